The smallest absolute Gasteiger partial charge is 0.280 e. The van der Waals surface area contributed by atoms with E-state index in [9.17, 15) is 18.4 Å². The number of amides is 2. The number of carbonyl (C=O) groups excluding carboxylic acids is 2. The van der Waals surface area contributed by atoms with Crippen LogP contribution in [0.4, 0.5) is 14.5 Å². The molecule has 29 heavy (non-hydrogen) atoms. The Morgan fingerprint density at radius 1 is 1.41 bits per heavy atom. The lowest BCUT2D eigenvalue weighted by molar-refractivity contribution is -0.116. The van der Waals surface area contributed by atoms with Crippen LogP contribution in [-0.2, 0) is 11.3 Å². The predicted molar refractivity (Wildman–Crippen MR) is 105 cm³/mol. The van der Waals surface area contributed by atoms with Crippen molar-refractivity contribution in [2.75, 3.05) is 5.32 Å². The third kappa shape index (κ3) is 3.98. The van der Waals surface area contributed by atoms with E-state index in [1.165, 1.54) is 6.07 Å². The quantitative estimate of drug-likeness (QED) is 0.609. The highest BCUT2D eigenvalue weighted by atomic mass is 32.1. The van der Waals surface area contributed by atoms with Crippen molar-refractivity contribution >= 4 is 39.1 Å². The summed E-state index contributed by atoms with van der Waals surface area (Å²) in [5.41, 5.74) is 7.11. The van der Waals surface area contributed by atoms with Crippen LogP contribution in [0.25, 0.3) is 10.2 Å². The van der Waals surface area contributed by atoms with Crippen LogP contribution < -0.4 is 11.1 Å². The highest BCUT2D eigenvalue weighted by Gasteiger charge is 2.31. The number of hydrogen-bond acceptors (Lipinski definition) is 5. The van der Waals surface area contributed by atoms with Crippen molar-refractivity contribution < 1.29 is 18.4 Å². The fourth-order valence-corrected chi connectivity index (χ4v) is 4.30. The summed E-state index contributed by atoms with van der Waals surface area (Å²) in [6, 6.07) is 1.38. The second-order valence-corrected chi connectivity index (χ2v) is 8.14. The van der Waals surface area contributed by atoms with Crippen LogP contribution in [0.2, 0.25) is 0 Å². The largest absolute Gasteiger partial charge is 0.365 e. The number of primary amides is 1. The highest BCUT2D eigenvalue weighted by molar-refractivity contribution is 7.21. The first kappa shape index (κ1) is 19.4. The number of carbonyl (C=O) groups is 2. The monoisotopic (exact) mass is 419 g/mol. The summed E-state index contributed by atoms with van der Waals surface area (Å²) in [5, 5.41) is 7.44. The van der Waals surface area contributed by atoms with E-state index in [0.717, 1.165) is 29.7 Å². The van der Waals surface area contributed by atoms with Gasteiger partial charge in [0.1, 0.15) is 15.4 Å². The number of aryl methyl sites for hydroxylation is 2. The Bertz CT molecular complexity index is 1100. The summed E-state index contributed by atoms with van der Waals surface area (Å²) in [4.78, 5) is 28.9. The number of nitrogens with zero attached hydrogens (tertiary/aromatic N) is 3. The first-order valence-electron chi connectivity index (χ1n) is 9.17. The molecule has 3 aromatic heterocycles. The molecule has 1 aliphatic rings. The van der Waals surface area contributed by atoms with Gasteiger partial charge in [0.05, 0.1) is 11.9 Å². The van der Waals surface area contributed by atoms with Gasteiger partial charge in [-0.1, -0.05) is 0 Å². The molecule has 2 amide bonds. The molecule has 1 aliphatic carbocycles. The zero-order valence-corrected chi connectivity index (χ0v) is 16.4. The van der Waals surface area contributed by atoms with E-state index < -0.39 is 12.3 Å². The number of nitrogens with one attached hydrogen (secondary N) is 1. The van der Waals surface area contributed by atoms with Crippen LogP contribution in [-0.4, -0.2) is 26.6 Å². The van der Waals surface area contributed by atoms with Crippen molar-refractivity contribution in [3.63, 3.8) is 0 Å². The standard InChI is InChI=1S/C19H19F2N5O2S/c1-9-7-23-26(8-9)5-4-13(27)25-15-14-11(10-2-3-10)6-12(17(20)21)24-19(14)29-16(15)18(22)28/h6-8,10,17H,2-5H2,1H3,(H2,22,28)(H,25,27). The number of nitrogens with two attached hydrogens (primary N) is 1. The van der Waals surface area contributed by atoms with Gasteiger partial charge in [0, 0.05) is 24.5 Å². The Morgan fingerprint density at radius 3 is 2.76 bits per heavy atom. The molecule has 0 spiro atoms. The molecule has 7 nitrogen and oxygen atoms in total. The number of anilines is 1. The van der Waals surface area contributed by atoms with E-state index in [-0.39, 0.29) is 39.3 Å². The van der Waals surface area contributed by atoms with Gasteiger partial charge in [-0.3, -0.25) is 14.3 Å². The molecule has 3 aromatic rings. The Labute approximate surface area is 168 Å². The fourth-order valence-electron chi connectivity index (χ4n) is 3.27. The number of alkyl halides is 2. The SMILES string of the molecule is Cc1cnn(CCC(=O)Nc2c(C(N)=O)sc3nc(C(F)F)cc(C4CC4)c23)c1. The van der Waals surface area contributed by atoms with Crippen LogP contribution in [0.3, 0.4) is 0 Å². The van der Waals surface area contributed by atoms with E-state index in [1.54, 1.807) is 10.9 Å². The Hall–Kier alpha value is -2.88. The summed E-state index contributed by atoms with van der Waals surface area (Å²) < 4.78 is 28.2. The average molecular weight is 419 g/mol. The van der Waals surface area contributed by atoms with Crippen LogP contribution in [0, 0.1) is 6.92 Å². The lowest BCUT2D eigenvalue weighted by Gasteiger charge is -2.10. The van der Waals surface area contributed by atoms with Crippen molar-refractivity contribution in [2.45, 2.75) is 45.1 Å². The van der Waals surface area contributed by atoms with Crippen molar-refractivity contribution in [2.24, 2.45) is 5.73 Å². The fraction of sp³-hybridized carbons (Fsp3) is 0.368. The van der Waals surface area contributed by atoms with Gasteiger partial charge >= 0.3 is 0 Å². The Morgan fingerprint density at radius 2 is 2.17 bits per heavy atom. The zero-order valence-electron chi connectivity index (χ0n) is 15.6. The molecule has 1 fully saturated rings. The summed E-state index contributed by atoms with van der Waals surface area (Å²) in [7, 11) is 0. The number of hydrogen-bond donors (Lipinski definition) is 2. The molecule has 0 saturated heterocycles. The molecule has 0 atom stereocenters. The van der Waals surface area contributed by atoms with Gasteiger partial charge in [-0.15, -0.1) is 11.3 Å². The molecule has 0 aliphatic heterocycles. The molecule has 10 heteroatoms. The molecule has 152 valence electrons. The van der Waals surface area contributed by atoms with Crippen molar-refractivity contribution in [3.8, 4) is 0 Å². The maximum Gasteiger partial charge on any atom is 0.280 e. The van der Waals surface area contributed by atoms with Crippen molar-refractivity contribution in [1.29, 1.82) is 0 Å². The molecule has 4 rings (SSSR count). The maximum atomic E-state index is 13.3. The summed E-state index contributed by atoms with van der Waals surface area (Å²) >= 11 is 0.931. The topological polar surface area (TPSA) is 103 Å². The average Bonchev–Trinajstić information content (AvgIpc) is 3.33. The van der Waals surface area contributed by atoms with Crippen LogP contribution in [0.15, 0.2) is 18.5 Å². The van der Waals surface area contributed by atoms with Gasteiger partial charge in [-0.2, -0.15) is 5.10 Å². The lowest BCUT2D eigenvalue weighted by atomic mass is 10.0. The van der Waals surface area contributed by atoms with E-state index in [1.807, 2.05) is 13.1 Å². The normalized spacial score (nSPS) is 13.9. The zero-order chi connectivity index (χ0) is 20.7. The van der Waals surface area contributed by atoms with Crippen LogP contribution in [0.5, 0.6) is 0 Å². The molecule has 3 N–H and O–H groups in total. The molecule has 0 radical (unpaired) electrons. The lowest BCUT2D eigenvalue weighted by Crippen LogP contribution is -2.18. The highest BCUT2D eigenvalue weighted by Crippen LogP contribution is 2.48. The molecule has 0 aromatic carbocycles. The van der Waals surface area contributed by atoms with Crippen molar-refractivity contribution in [3.05, 3.63) is 40.2 Å². The van der Waals surface area contributed by atoms with Gasteiger partial charge in [-0.25, -0.2) is 13.8 Å². The maximum absolute atomic E-state index is 13.3. The number of thiophene rings is 1. The first-order valence-corrected chi connectivity index (χ1v) is 9.99. The number of aromatic nitrogens is 3. The second-order valence-electron chi connectivity index (χ2n) is 7.14. The summed E-state index contributed by atoms with van der Waals surface area (Å²) in [6.45, 7) is 2.27. The minimum Gasteiger partial charge on any atom is -0.365 e. The third-order valence-electron chi connectivity index (χ3n) is 4.77. The predicted octanol–water partition coefficient (Wildman–Crippen LogP) is 3.74. The van der Waals surface area contributed by atoms with E-state index in [4.69, 9.17) is 5.73 Å². The molecule has 1 saturated carbocycles. The summed E-state index contributed by atoms with van der Waals surface area (Å²) in [6.07, 6.45) is 2.68. The van der Waals surface area contributed by atoms with Crippen LogP contribution in [0.1, 0.15) is 58.1 Å². The van der Waals surface area contributed by atoms with E-state index in [2.05, 4.69) is 15.4 Å². The number of pyridine rings is 1. The van der Waals surface area contributed by atoms with Gasteiger partial charge in [-0.05, 0) is 42.9 Å². The Balaban J connectivity index is 1.69. The van der Waals surface area contributed by atoms with Gasteiger partial charge in [0.15, 0.2) is 0 Å². The second kappa shape index (κ2) is 7.51. The van der Waals surface area contributed by atoms with E-state index >= 15 is 0 Å². The van der Waals surface area contributed by atoms with Crippen molar-refractivity contribution in [1.82, 2.24) is 14.8 Å². The number of rotatable bonds is 7. The molecule has 0 bridgehead atoms. The molecule has 0 unspecified atom stereocenters. The molecular weight excluding hydrogens is 400 g/mol. The number of fused-ring (bicyclic) bond motifs is 1. The van der Waals surface area contributed by atoms with Gasteiger partial charge in [0.2, 0.25) is 5.91 Å². The van der Waals surface area contributed by atoms with E-state index in [0.29, 0.717) is 17.5 Å². The molecule has 3 heterocycles. The Kier molecular flexibility index (Phi) is 5.03. The van der Waals surface area contributed by atoms with Gasteiger partial charge < -0.3 is 11.1 Å². The first-order chi connectivity index (χ1) is 13.8. The number of halogens is 2. The van der Waals surface area contributed by atoms with Crippen LogP contribution >= 0.6 is 11.3 Å². The van der Waals surface area contributed by atoms with Gasteiger partial charge in [0.25, 0.3) is 12.3 Å². The third-order valence-corrected chi connectivity index (χ3v) is 5.87. The minimum atomic E-state index is -2.72. The minimum absolute atomic E-state index is 0.115. The summed E-state index contributed by atoms with van der Waals surface area (Å²) in [5.74, 6) is -0.928. The molecular formula is C19H19F2N5O2S.